The topological polar surface area (TPSA) is 81.5 Å². The van der Waals surface area contributed by atoms with Crippen molar-refractivity contribution < 1.29 is 14.3 Å². The molecule has 5 rings (SSSR count). The van der Waals surface area contributed by atoms with Crippen LogP contribution in [0, 0.1) is 0 Å². The van der Waals surface area contributed by atoms with E-state index in [9.17, 15) is 14.4 Å². The van der Waals surface area contributed by atoms with Crippen LogP contribution in [0.1, 0.15) is 36.1 Å². The minimum Gasteiger partial charge on any atom is -0.495 e. The molecule has 2 aliphatic rings. The van der Waals surface area contributed by atoms with Crippen LogP contribution in [0.5, 0.6) is 5.75 Å². The molecule has 1 fully saturated rings. The van der Waals surface area contributed by atoms with Crippen molar-refractivity contribution in [3.05, 3.63) is 45.1 Å². The van der Waals surface area contributed by atoms with Gasteiger partial charge >= 0.3 is 0 Å². The van der Waals surface area contributed by atoms with Gasteiger partial charge in [-0.15, -0.1) is 11.3 Å². The Hall–Kier alpha value is -2.65. The highest BCUT2D eigenvalue weighted by Gasteiger charge is 2.28. The maximum atomic E-state index is 13.8. The zero-order chi connectivity index (χ0) is 22.2. The minimum atomic E-state index is -0.246. The first-order chi connectivity index (χ1) is 15.6. The van der Waals surface area contributed by atoms with Gasteiger partial charge in [-0.1, -0.05) is 23.9 Å². The molecular weight excluding hydrogens is 446 g/mol. The SMILES string of the molecule is COc1ccccc1-n1c(SCC(=O)N2CCCC2=O)nc2sc3c(c2c1=O)CCCC3. The second-order valence-electron chi connectivity index (χ2n) is 7.93. The molecule has 9 heteroatoms. The van der Waals surface area contributed by atoms with Gasteiger partial charge in [0.1, 0.15) is 10.6 Å². The Balaban J connectivity index is 1.62. The normalized spacial score (nSPS) is 15.9. The number of aryl methyl sites for hydroxylation is 2. The highest BCUT2D eigenvalue weighted by Crippen LogP contribution is 2.36. The summed E-state index contributed by atoms with van der Waals surface area (Å²) >= 11 is 2.78. The van der Waals surface area contributed by atoms with E-state index in [1.165, 1.54) is 21.5 Å². The molecule has 0 spiro atoms. The summed E-state index contributed by atoms with van der Waals surface area (Å²) in [6, 6.07) is 7.32. The highest BCUT2D eigenvalue weighted by atomic mass is 32.2. The molecule has 0 N–H and O–H groups in total. The number of amides is 2. The van der Waals surface area contributed by atoms with Crippen molar-refractivity contribution >= 4 is 45.1 Å². The molecule has 1 aliphatic carbocycles. The number of ether oxygens (including phenoxy) is 1. The summed E-state index contributed by atoms with van der Waals surface area (Å²) in [4.78, 5) is 46.5. The molecule has 2 amide bonds. The number of likely N-dealkylation sites (tertiary alicyclic amines) is 1. The summed E-state index contributed by atoms with van der Waals surface area (Å²) in [5, 5.41) is 1.12. The summed E-state index contributed by atoms with van der Waals surface area (Å²) < 4.78 is 7.08. The van der Waals surface area contributed by atoms with Gasteiger partial charge in [-0.25, -0.2) is 4.98 Å². The molecule has 0 radical (unpaired) electrons. The molecule has 0 saturated carbocycles. The fraction of sp³-hybridized carbons (Fsp3) is 0.391. The largest absolute Gasteiger partial charge is 0.495 e. The van der Waals surface area contributed by atoms with Gasteiger partial charge in [0, 0.05) is 17.8 Å². The first-order valence-corrected chi connectivity index (χ1v) is 12.6. The van der Waals surface area contributed by atoms with E-state index in [1.807, 2.05) is 18.2 Å². The van der Waals surface area contributed by atoms with Crippen LogP contribution in [-0.4, -0.2) is 45.7 Å². The van der Waals surface area contributed by atoms with Crippen LogP contribution in [0.2, 0.25) is 0 Å². The molecule has 0 bridgehead atoms. The van der Waals surface area contributed by atoms with Gasteiger partial charge in [-0.3, -0.25) is 23.9 Å². The lowest BCUT2D eigenvalue weighted by molar-refractivity contribution is -0.140. The number of thiophene rings is 1. The van der Waals surface area contributed by atoms with Gasteiger partial charge in [0.05, 0.1) is 23.9 Å². The van der Waals surface area contributed by atoms with Crippen LogP contribution in [0.25, 0.3) is 15.9 Å². The van der Waals surface area contributed by atoms with Crippen LogP contribution in [0.4, 0.5) is 0 Å². The van der Waals surface area contributed by atoms with Gasteiger partial charge in [0.25, 0.3) is 5.56 Å². The Morgan fingerprint density at radius 1 is 1.16 bits per heavy atom. The molecule has 2 aromatic heterocycles. The van der Waals surface area contributed by atoms with E-state index in [0.717, 1.165) is 36.1 Å². The molecule has 0 unspecified atom stereocenters. The predicted octanol–water partition coefficient (Wildman–Crippen LogP) is 3.58. The van der Waals surface area contributed by atoms with E-state index in [2.05, 4.69) is 0 Å². The van der Waals surface area contributed by atoms with Crippen LogP contribution in [0.15, 0.2) is 34.2 Å². The molecule has 3 aromatic rings. The fourth-order valence-electron chi connectivity index (χ4n) is 4.43. The lowest BCUT2D eigenvalue weighted by atomic mass is 9.97. The smallest absolute Gasteiger partial charge is 0.267 e. The lowest BCUT2D eigenvalue weighted by Crippen LogP contribution is -2.33. The Morgan fingerprint density at radius 3 is 2.75 bits per heavy atom. The van der Waals surface area contributed by atoms with Gasteiger partial charge < -0.3 is 4.74 Å². The summed E-state index contributed by atoms with van der Waals surface area (Å²) in [5.41, 5.74) is 1.58. The first kappa shape index (κ1) is 21.2. The number of imide groups is 1. The molecule has 3 heterocycles. The number of fused-ring (bicyclic) bond motifs is 3. The van der Waals surface area contributed by atoms with Crippen molar-refractivity contribution in [1.82, 2.24) is 14.5 Å². The first-order valence-electron chi connectivity index (χ1n) is 10.7. The summed E-state index contributed by atoms with van der Waals surface area (Å²) in [7, 11) is 1.57. The molecule has 1 aliphatic heterocycles. The van der Waals surface area contributed by atoms with Crippen LogP contribution in [-0.2, 0) is 22.4 Å². The number of benzene rings is 1. The zero-order valence-corrected chi connectivity index (χ0v) is 19.4. The van der Waals surface area contributed by atoms with Crippen LogP contribution >= 0.6 is 23.1 Å². The average molecular weight is 470 g/mol. The summed E-state index contributed by atoms with van der Waals surface area (Å²) in [6.45, 7) is 0.460. The highest BCUT2D eigenvalue weighted by molar-refractivity contribution is 7.99. The van der Waals surface area contributed by atoms with Crippen molar-refractivity contribution in [2.45, 2.75) is 43.7 Å². The van der Waals surface area contributed by atoms with Gasteiger partial charge in [-0.05, 0) is 49.8 Å². The van der Waals surface area contributed by atoms with E-state index in [-0.39, 0.29) is 23.1 Å². The number of hydrogen-bond acceptors (Lipinski definition) is 7. The second-order valence-corrected chi connectivity index (χ2v) is 9.96. The number of carbonyl (C=O) groups is 2. The molecule has 1 aromatic carbocycles. The van der Waals surface area contributed by atoms with Crippen LogP contribution < -0.4 is 10.3 Å². The van der Waals surface area contributed by atoms with Crippen LogP contribution in [0.3, 0.4) is 0 Å². The van der Waals surface area contributed by atoms with Gasteiger partial charge in [0.2, 0.25) is 11.8 Å². The summed E-state index contributed by atoms with van der Waals surface area (Å²) in [6.07, 6.45) is 5.17. The Labute approximate surface area is 193 Å². The lowest BCUT2D eigenvalue weighted by Gasteiger charge is -2.17. The quantitative estimate of drug-likeness (QED) is 0.420. The number of aromatic nitrogens is 2. The van der Waals surface area contributed by atoms with Crippen molar-refractivity contribution in [2.75, 3.05) is 19.4 Å². The average Bonchev–Trinajstić information content (AvgIpc) is 3.40. The zero-order valence-electron chi connectivity index (χ0n) is 17.8. The minimum absolute atomic E-state index is 0.0456. The third-order valence-electron chi connectivity index (χ3n) is 5.98. The monoisotopic (exact) mass is 469 g/mol. The van der Waals surface area contributed by atoms with E-state index >= 15 is 0 Å². The van der Waals surface area contributed by atoms with Crippen molar-refractivity contribution in [2.24, 2.45) is 0 Å². The third-order valence-corrected chi connectivity index (χ3v) is 8.09. The Morgan fingerprint density at radius 2 is 1.97 bits per heavy atom. The molecule has 7 nitrogen and oxygen atoms in total. The van der Waals surface area contributed by atoms with E-state index in [1.54, 1.807) is 29.1 Å². The Bertz CT molecular complexity index is 1280. The molecule has 166 valence electrons. The van der Waals surface area contributed by atoms with E-state index in [0.29, 0.717) is 41.4 Å². The van der Waals surface area contributed by atoms with Gasteiger partial charge in [0.15, 0.2) is 5.16 Å². The van der Waals surface area contributed by atoms with E-state index in [4.69, 9.17) is 9.72 Å². The van der Waals surface area contributed by atoms with E-state index < -0.39 is 0 Å². The van der Waals surface area contributed by atoms with Crippen molar-refractivity contribution in [1.29, 1.82) is 0 Å². The number of para-hydroxylation sites is 2. The predicted molar refractivity (Wildman–Crippen MR) is 125 cm³/mol. The molecule has 32 heavy (non-hydrogen) atoms. The van der Waals surface area contributed by atoms with Gasteiger partial charge in [-0.2, -0.15) is 0 Å². The Kier molecular flexibility index (Phi) is 5.77. The number of thioether (sulfide) groups is 1. The fourth-order valence-corrected chi connectivity index (χ4v) is 6.61. The van der Waals surface area contributed by atoms with Crippen molar-refractivity contribution in [3.63, 3.8) is 0 Å². The summed E-state index contributed by atoms with van der Waals surface area (Å²) in [5.74, 6) is 0.225. The molecular formula is C23H23N3O4S2. The number of nitrogens with zero attached hydrogens (tertiary/aromatic N) is 3. The number of rotatable bonds is 5. The molecule has 0 atom stereocenters. The van der Waals surface area contributed by atoms with Crippen molar-refractivity contribution in [3.8, 4) is 11.4 Å². The maximum absolute atomic E-state index is 13.8. The standard InChI is InChI=1S/C23H23N3O4S2/c1-30-16-9-4-3-8-15(16)26-22(29)20-14-7-2-5-10-17(14)32-21(20)24-23(26)31-13-19(28)25-12-6-11-18(25)27/h3-4,8-9H,2,5-7,10-13H2,1H3. The second kappa shape index (κ2) is 8.71. The number of methoxy groups -OCH3 is 1. The number of carbonyl (C=O) groups excluding carboxylic acids is 2. The maximum Gasteiger partial charge on any atom is 0.267 e. The third kappa shape index (κ3) is 3.63. The number of hydrogen-bond donors (Lipinski definition) is 0. The molecule has 1 saturated heterocycles.